The standard InChI is InChI=1S/C10H20N2/c11-10(5-6-10)4-3-9-12-7-1-2-8-12/h1-9,11H2. The SMILES string of the molecule is NC1(CCCN2CCCC2)CC1. The smallest absolute Gasteiger partial charge is 0.0156 e. The molecule has 2 heteroatoms. The summed E-state index contributed by atoms with van der Waals surface area (Å²) in [5, 5.41) is 0. The number of hydrogen-bond donors (Lipinski definition) is 1. The van der Waals surface area contributed by atoms with Gasteiger partial charge in [-0.05, 0) is 58.2 Å². The monoisotopic (exact) mass is 168 g/mol. The van der Waals surface area contributed by atoms with Crippen LogP contribution in [-0.4, -0.2) is 30.1 Å². The van der Waals surface area contributed by atoms with Gasteiger partial charge in [-0.3, -0.25) is 0 Å². The summed E-state index contributed by atoms with van der Waals surface area (Å²) >= 11 is 0. The Balaban J connectivity index is 1.56. The van der Waals surface area contributed by atoms with Crippen LogP contribution in [0.25, 0.3) is 0 Å². The van der Waals surface area contributed by atoms with Crippen LogP contribution in [0.1, 0.15) is 38.5 Å². The Hall–Kier alpha value is -0.0800. The molecule has 1 aliphatic carbocycles. The average Bonchev–Trinajstić information content (AvgIpc) is 2.61. The van der Waals surface area contributed by atoms with E-state index in [-0.39, 0.29) is 5.54 Å². The fourth-order valence-electron chi connectivity index (χ4n) is 2.07. The summed E-state index contributed by atoms with van der Waals surface area (Å²) in [6.45, 7) is 3.95. The molecule has 2 N–H and O–H groups in total. The summed E-state index contributed by atoms with van der Waals surface area (Å²) in [5.41, 5.74) is 6.29. The van der Waals surface area contributed by atoms with E-state index >= 15 is 0 Å². The first-order valence-corrected chi connectivity index (χ1v) is 5.30. The molecule has 1 saturated heterocycles. The predicted molar refractivity (Wildman–Crippen MR) is 51.1 cm³/mol. The second-order valence-electron chi connectivity index (χ2n) is 4.51. The zero-order valence-corrected chi connectivity index (χ0v) is 7.89. The van der Waals surface area contributed by atoms with Gasteiger partial charge in [0.05, 0.1) is 0 Å². The van der Waals surface area contributed by atoms with E-state index in [1.807, 2.05) is 0 Å². The van der Waals surface area contributed by atoms with Crippen LogP contribution in [0.2, 0.25) is 0 Å². The van der Waals surface area contributed by atoms with E-state index < -0.39 is 0 Å². The van der Waals surface area contributed by atoms with Gasteiger partial charge in [-0.2, -0.15) is 0 Å². The maximum absolute atomic E-state index is 6.01. The lowest BCUT2D eigenvalue weighted by Crippen LogP contribution is -2.25. The number of rotatable bonds is 4. The Morgan fingerprint density at radius 1 is 1.17 bits per heavy atom. The molecule has 0 aromatic rings. The molecule has 1 saturated carbocycles. The zero-order chi connectivity index (χ0) is 8.44. The minimum Gasteiger partial charge on any atom is -0.325 e. The topological polar surface area (TPSA) is 29.3 Å². The highest BCUT2D eigenvalue weighted by Gasteiger charge is 2.37. The quantitative estimate of drug-likeness (QED) is 0.686. The molecule has 2 aliphatic rings. The second-order valence-corrected chi connectivity index (χ2v) is 4.51. The second kappa shape index (κ2) is 3.35. The lowest BCUT2D eigenvalue weighted by molar-refractivity contribution is 0.323. The van der Waals surface area contributed by atoms with Gasteiger partial charge >= 0.3 is 0 Å². The van der Waals surface area contributed by atoms with Crippen molar-refractivity contribution in [3.63, 3.8) is 0 Å². The molecule has 0 amide bonds. The van der Waals surface area contributed by atoms with Gasteiger partial charge in [0, 0.05) is 5.54 Å². The molecule has 12 heavy (non-hydrogen) atoms. The summed E-state index contributed by atoms with van der Waals surface area (Å²) in [5.74, 6) is 0. The summed E-state index contributed by atoms with van der Waals surface area (Å²) in [4.78, 5) is 2.58. The molecule has 0 aromatic carbocycles. The van der Waals surface area contributed by atoms with Gasteiger partial charge in [-0.25, -0.2) is 0 Å². The molecule has 0 spiro atoms. The number of likely N-dealkylation sites (tertiary alicyclic amines) is 1. The molecule has 0 bridgehead atoms. The highest BCUT2D eigenvalue weighted by atomic mass is 15.1. The van der Waals surface area contributed by atoms with Gasteiger partial charge in [0.1, 0.15) is 0 Å². The molecule has 2 rings (SSSR count). The summed E-state index contributed by atoms with van der Waals surface area (Å²) < 4.78 is 0. The van der Waals surface area contributed by atoms with Gasteiger partial charge in [-0.15, -0.1) is 0 Å². The van der Waals surface area contributed by atoms with Crippen molar-refractivity contribution in [2.24, 2.45) is 5.73 Å². The average molecular weight is 168 g/mol. The number of nitrogens with two attached hydrogens (primary N) is 1. The Kier molecular flexibility index (Phi) is 2.37. The van der Waals surface area contributed by atoms with Crippen LogP contribution in [0.3, 0.4) is 0 Å². The van der Waals surface area contributed by atoms with Crippen LogP contribution in [-0.2, 0) is 0 Å². The first kappa shape index (κ1) is 8.52. The van der Waals surface area contributed by atoms with Crippen molar-refractivity contribution in [3.05, 3.63) is 0 Å². The third-order valence-electron chi connectivity index (χ3n) is 3.24. The van der Waals surface area contributed by atoms with Crippen LogP contribution >= 0.6 is 0 Å². The predicted octanol–water partition coefficient (Wildman–Crippen LogP) is 1.35. The first-order chi connectivity index (χ1) is 5.79. The molecular weight excluding hydrogens is 148 g/mol. The van der Waals surface area contributed by atoms with Crippen LogP contribution < -0.4 is 5.73 Å². The van der Waals surface area contributed by atoms with E-state index in [4.69, 9.17) is 5.73 Å². The Labute approximate surface area is 75.1 Å². The highest BCUT2D eigenvalue weighted by Crippen LogP contribution is 2.36. The van der Waals surface area contributed by atoms with Gasteiger partial charge < -0.3 is 10.6 Å². The van der Waals surface area contributed by atoms with Gasteiger partial charge in [0.2, 0.25) is 0 Å². The fourth-order valence-corrected chi connectivity index (χ4v) is 2.07. The van der Waals surface area contributed by atoms with Crippen LogP contribution in [0.15, 0.2) is 0 Å². The lowest BCUT2D eigenvalue weighted by atomic mass is 10.1. The Bertz CT molecular complexity index is 146. The van der Waals surface area contributed by atoms with Crippen molar-refractivity contribution >= 4 is 0 Å². The van der Waals surface area contributed by atoms with E-state index in [9.17, 15) is 0 Å². The first-order valence-electron chi connectivity index (χ1n) is 5.30. The third-order valence-corrected chi connectivity index (χ3v) is 3.24. The van der Waals surface area contributed by atoms with Crippen molar-refractivity contribution in [1.82, 2.24) is 4.90 Å². The van der Waals surface area contributed by atoms with E-state index in [1.54, 1.807) is 0 Å². The minimum absolute atomic E-state index is 0.278. The van der Waals surface area contributed by atoms with Crippen molar-refractivity contribution < 1.29 is 0 Å². The Morgan fingerprint density at radius 3 is 2.42 bits per heavy atom. The normalized spacial score (nSPS) is 27.8. The molecular formula is C10H20N2. The molecule has 1 heterocycles. The minimum atomic E-state index is 0.278. The highest BCUT2D eigenvalue weighted by molar-refractivity contribution is 4.98. The van der Waals surface area contributed by atoms with Crippen LogP contribution in [0.5, 0.6) is 0 Å². The maximum atomic E-state index is 6.01. The van der Waals surface area contributed by atoms with Gasteiger partial charge in [0.25, 0.3) is 0 Å². The van der Waals surface area contributed by atoms with Crippen molar-refractivity contribution in [1.29, 1.82) is 0 Å². The van der Waals surface area contributed by atoms with E-state index in [0.717, 1.165) is 0 Å². The van der Waals surface area contributed by atoms with Crippen molar-refractivity contribution in [2.45, 2.75) is 44.1 Å². The lowest BCUT2D eigenvalue weighted by Gasteiger charge is -2.15. The molecule has 2 fully saturated rings. The number of nitrogens with zero attached hydrogens (tertiary/aromatic N) is 1. The molecule has 0 atom stereocenters. The van der Waals surface area contributed by atoms with Crippen molar-refractivity contribution in [3.8, 4) is 0 Å². The third kappa shape index (κ3) is 2.20. The van der Waals surface area contributed by atoms with Gasteiger partial charge in [-0.1, -0.05) is 0 Å². The molecule has 1 aliphatic heterocycles. The molecule has 0 aromatic heterocycles. The maximum Gasteiger partial charge on any atom is 0.0156 e. The van der Waals surface area contributed by atoms with E-state index in [1.165, 1.54) is 58.2 Å². The zero-order valence-electron chi connectivity index (χ0n) is 7.89. The molecule has 0 radical (unpaired) electrons. The van der Waals surface area contributed by atoms with Gasteiger partial charge in [0.15, 0.2) is 0 Å². The largest absolute Gasteiger partial charge is 0.325 e. The van der Waals surface area contributed by atoms with Crippen LogP contribution in [0, 0.1) is 0 Å². The van der Waals surface area contributed by atoms with Crippen LogP contribution in [0.4, 0.5) is 0 Å². The number of hydrogen-bond acceptors (Lipinski definition) is 2. The summed E-state index contributed by atoms with van der Waals surface area (Å²) in [7, 11) is 0. The van der Waals surface area contributed by atoms with Crippen molar-refractivity contribution in [2.75, 3.05) is 19.6 Å². The van der Waals surface area contributed by atoms with E-state index in [0.29, 0.717) is 0 Å². The Morgan fingerprint density at radius 2 is 1.83 bits per heavy atom. The molecule has 70 valence electrons. The molecule has 0 unspecified atom stereocenters. The summed E-state index contributed by atoms with van der Waals surface area (Å²) in [6.07, 6.45) is 7.93. The van der Waals surface area contributed by atoms with E-state index in [2.05, 4.69) is 4.90 Å². The summed E-state index contributed by atoms with van der Waals surface area (Å²) in [6, 6.07) is 0. The fraction of sp³-hybridized carbons (Fsp3) is 1.00. The molecule has 2 nitrogen and oxygen atoms in total.